The van der Waals surface area contributed by atoms with E-state index in [0.29, 0.717) is 33.5 Å². The van der Waals surface area contributed by atoms with Crippen molar-refractivity contribution in [3.63, 3.8) is 0 Å². The van der Waals surface area contributed by atoms with Gasteiger partial charge in [-0.2, -0.15) is 0 Å². The van der Waals surface area contributed by atoms with E-state index >= 15 is 0 Å². The monoisotopic (exact) mass is 492 g/mol. The maximum Gasteiger partial charge on any atom is 0.350 e. The Balaban J connectivity index is 1.35. The largest absolute Gasteiger partial charge is 0.462 e. The predicted molar refractivity (Wildman–Crippen MR) is 133 cm³/mol. The highest BCUT2D eigenvalue weighted by Gasteiger charge is 2.35. The number of thiazole rings is 1. The number of ether oxygens (including phenoxy) is 1. The average molecular weight is 493 g/mol. The molecule has 3 aromatic rings. The summed E-state index contributed by atoms with van der Waals surface area (Å²) in [6.07, 6.45) is 0.141. The van der Waals surface area contributed by atoms with Crippen molar-refractivity contribution < 1.29 is 23.9 Å². The van der Waals surface area contributed by atoms with Gasteiger partial charge in [-0.05, 0) is 50.2 Å². The number of esters is 1. The minimum Gasteiger partial charge on any atom is -0.462 e. The van der Waals surface area contributed by atoms with E-state index in [0.717, 1.165) is 17.0 Å². The molecule has 4 rings (SSSR count). The van der Waals surface area contributed by atoms with E-state index in [4.69, 9.17) is 4.74 Å². The third kappa shape index (κ3) is 5.55. The van der Waals surface area contributed by atoms with E-state index in [1.807, 2.05) is 30.3 Å². The summed E-state index contributed by atoms with van der Waals surface area (Å²) in [6, 6.07) is 15.6. The van der Waals surface area contributed by atoms with E-state index in [1.54, 1.807) is 43.0 Å². The first-order chi connectivity index (χ1) is 16.9. The van der Waals surface area contributed by atoms with Crippen LogP contribution in [-0.2, 0) is 14.3 Å². The number of para-hydroxylation sites is 1. The fraction of sp³-hybridized carbons (Fsp3) is 0.240. The third-order valence-electron chi connectivity index (χ3n) is 5.46. The summed E-state index contributed by atoms with van der Waals surface area (Å²) >= 11 is 1.05. The van der Waals surface area contributed by atoms with Gasteiger partial charge >= 0.3 is 5.97 Å². The van der Waals surface area contributed by atoms with E-state index in [9.17, 15) is 19.2 Å². The Morgan fingerprint density at radius 2 is 1.80 bits per heavy atom. The molecule has 2 N–H and O–H groups in total. The van der Waals surface area contributed by atoms with Crippen LogP contribution in [-0.4, -0.2) is 41.8 Å². The molecule has 0 bridgehead atoms. The number of aryl methyl sites for hydroxylation is 1. The lowest BCUT2D eigenvalue weighted by atomic mass is 10.1. The SMILES string of the molecule is CCOC(=O)c1sc(NC(=O)c2ccc(NC(=O)C3CC(=O)N(c4ccccc4)C3)cc2)nc1C. The van der Waals surface area contributed by atoms with Gasteiger partial charge in [0.05, 0.1) is 18.2 Å². The first-order valence-electron chi connectivity index (χ1n) is 11.1. The minimum atomic E-state index is -0.473. The van der Waals surface area contributed by atoms with Crippen LogP contribution in [0.3, 0.4) is 0 Å². The van der Waals surface area contributed by atoms with Crippen molar-refractivity contribution in [3.8, 4) is 0 Å². The van der Waals surface area contributed by atoms with Gasteiger partial charge < -0.3 is 15.0 Å². The number of amides is 3. The summed E-state index contributed by atoms with van der Waals surface area (Å²) in [7, 11) is 0. The number of anilines is 3. The van der Waals surface area contributed by atoms with Gasteiger partial charge in [0.25, 0.3) is 5.91 Å². The molecule has 35 heavy (non-hydrogen) atoms. The number of benzene rings is 2. The molecule has 1 atom stereocenters. The van der Waals surface area contributed by atoms with Crippen molar-refractivity contribution in [3.05, 3.63) is 70.7 Å². The lowest BCUT2D eigenvalue weighted by molar-refractivity contribution is -0.122. The van der Waals surface area contributed by atoms with Crippen LogP contribution in [0.15, 0.2) is 54.6 Å². The molecule has 1 unspecified atom stereocenters. The van der Waals surface area contributed by atoms with Gasteiger partial charge in [-0.25, -0.2) is 9.78 Å². The second-order valence-corrected chi connectivity index (χ2v) is 8.91. The van der Waals surface area contributed by atoms with Gasteiger partial charge in [-0.15, -0.1) is 0 Å². The smallest absolute Gasteiger partial charge is 0.350 e. The van der Waals surface area contributed by atoms with Crippen LogP contribution in [0.25, 0.3) is 0 Å². The van der Waals surface area contributed by atoms with Crippen LogP contribution in [0, 0.1) is 12.8 Å². The van der Waals surface area contributed by atoms with Gasteiger partial charge in [-0.3, -0.25) is 19.7 Å². The summed E-state index contributed by atoms with van der Waals surface area (Å²) in [6.45, 7) is 3.96. The molecule has 1 aromatic heterocycles. The number of hydrogen-bond acceptors (Lipinski definition) is 7. The number of carbonyl (C=O) groups is 4. The summed E-state index contributed by atoms with van der Waals surface area (Å²) in [5.74, 6) is -1.68. The number of nitrogens with zero attached hydrogens (tertiary/aromatic N) is 2. The fourth-order valence-electron chi connectivity index (χ4n) is 3.70. The second kappa shape index (κ2) is 10.5. The summed E-state index contributed by atoms with van der Waals surface area (Å²) in [5, 5.41) is 5.79. The highest BCUT2D eigenvalue weighted by atomic mass is 32.1. The molecule has 10 heteroatoms. The molecular formula is C25H24N4O5S. The zero-order chi connectivity index (χ0) is 24.9. The summed E-state index contributed by atoms with van der Waals surface area (Å²) in [4.78, 5) is 55.8. The molecule has 0 spiro atoms. The van der Waals surface area contributed by atoms with Crippen molar-refractivity contribution in [1.82, 2.24) is 4.98 Å². The first-order valence-corrected chi connectivity index (χ1v) is 11.9. The van der Waals surface area contributed by atoms with Gasteiger partial charge in [0.2, 0.25) is 11.8 Å². The van der Waals surface area contributed by atoms with Crippen LogP contribution >= 0.6 is 11.3 Å². The zero-order valence-electron chi connectivity index (χ0n) is 19.2. The summed E-state index contributed by atoms with van der Waals surface area (Å²) < 4.78 is 4.99. The van der Waals surface area contributed by atoms with E-state index in [-0.39, 0.29) is 24.8 Å². The maximum absolute atomic E-state index is 12.7. The second-order valence-electron chi connectivity index (χ2n) is 7.92. The van der Waals surface area contributed by atoms with Crippen molar-refractivity contribution >= 4 is 51.5 Å². The molecule has 0 aliphatic carbocycles. The van der Waals surface area contributed by atoms with Crippen LogP contribution < -0.4 is 15.5 Å². The highest BCUT2D eigenvalue weighted by Crippen LogP contribution is 2.26. The Morgan fingerprint density at radius 1 is 1.09 bits per heavy atom. The van der Waals surface area contributed by atoms with Crippen LogP contribution in [0.2, 0.25) is 0 Å². The Kier molecular flexibility index (Phi) is 7.21. The first kappa shape index (κ1) is 24.1. The van der Waals surface area contributed by atoms with Gasteiger partial charge in [-0.1, -0.05) is 29.5 Å². The third-order valence-corrected chi connectivity index (χ3v) is 6.51. The van der Waals surface area contributed by atoms with E-state index in [1.165, 1.54) is 0 Å². The lowest BCUT2D eigenvalue weighted by Crippen LogP contribution is -2.28. The van der Waals surface area contributed by atoms with Crippen molar-refractivity contribution in [2.75, 3.05) is 28.7 Å². The average Bonchev–Trinajstić information content (AvgIpc) is 3.42. The van der Waals surface area contributed by atoms with Gasteiger partial charge in [0.1, 0.15) is 4.88 Å². The molecule has 0 radical (unpaired) electrons. The zero-order valence-corrected chi connectivity index (χ0v) is 20.1. The molecule has 1 fully saturated rings. The Bertz CT molecular complexity index is 1260. The highest BCUT2D eigenvalue weighted by molar-refractivity contribution is 7.17. The topological polar surface area (TPSA) is 118 Å². The quantitative estimate of drug-likeness (QED) is 0.484. The van der Waals surface area contributed by atoms with Crippen molar-refractivity contribution in [2.24, 2.45) is 5.92 Å². The molecule has 3 amide bonds. The molecule has 180 valence electrons. The number of nitrogens with one attached hydrogen (secondary N) is 2. The Morgan fingerprint density at radius 3 is 2.49 bits per heavy atom. The van der Waals surface area contributed by atoms with E-state index in [2.05, 4.69) is 15.6 Å². The number of hydrogen-bond donors (Lipinski definition) is 2. The van der Waals surface area contributed by atoms with Gasteiger partial charge in [0.15, 0.2) is 5.13 Å². The standard InChI is InChI=1S/C25H24N4O5S/c1-3-34-24(33)21-15(2)26-25(35-21)28-22(31)16-9-11-18(12-10-16)27-23(32)17-13-20(30)29(14-17)19-7-5-4-6-8-19/h4-12,17H,3,13-14H2,1-2H3,(H,27,32)(H,26,28,31). The Labute approximate surface area is 206 Å². The lowest BCUT2D eigenvalue weighted by Gasteiger charge is -2.16. The van der Waals surface area contributed by atoms with Crippen molar-refractivity contribution in [2.45, 2.75) is 20.3 Å². The van der Waals surface area contributed by atoms with E-state index < -0.39 is 17.8 Å². The molecule has 2 aromatic carbocycles. The molecule has 2 heterocycles. The van der Waals surface area contributed by atoms with Gasteiger partial charge in [0, 0.05) is 29.9 Å². The van der Waals surface area contributed by atoms with Crippen molar-refractivity contribution in [1.29, 1.82) is 0 Å². The van der Waals surface area contributed by atoms with Crippen LogP contribution in [0.5, 0.6) is 0 Å². The Hall–Kier alpha value is -4.05. The molecule has 1 aliphatic heterocycles. The molecule has 0 saturated carbocycles. The fourth-order valence-corrected chi connectivity index (χ4v) is 4.55. The minimum absolute atomic E-state index is 0.0908. The number of rotatable bonds is 7. The summed E-state index contributed by atoms with van der Waals surface area (Å²) in [5.41, 5.74) is 2.14. The molecule has 9 nitrogen and oxygen atoms in total. The normalized spacial score (nSPS) is 15.1. The number of carbonyl (C=O) groups excluding carboxylic acids is 4. The molecule has 1 saturated heterocycles. The van der Waals surface area contributed by atoms with Crippen LogP contribution in [0.4, 0.5) is 16.5 Å². The number of aromatic nitrogens is 1. The molecular weight excluding hydrogens is 468 g/mol. The van der Waals surface area contributed by atoms with Crippen LogP contribution in [0.1, 0.15) is 39.1 Å². The molecule has 1 aliphatic rings. The maximum atomic E-state index is 12.7. The predicted octanol–water partition coefficient (Wildman–Crippen LogP) is 3.87.